The van der Waals surface area contributed by atoms with Crippen molar-refractivity contribution in [1.82, 2.24) is 10.6 Å². The smallest absolute Gasteiger partial charge is 0.309 e. The molecule has 2 N–H and O–H groups in total. The molecule has 5 heteroatoms. The van der Waals surface area contributed by atoms with Crippen molar-refractivity contribution in [3.63, 3.8) is 0 Å². The number of rotatable bonds is 3. The first kappa shape index (κ1) is 14.5. The van der Waals surface area contributed by atoms with Gasteiger partial charge < -0.3 is 10.6 Å². The van der Waals surface area contributed by atoms with Crippen LogP contribution in [0.4, 0.5) is 4.39 Å². The molecule has 1 atom stereocenters. The van der Waals surface area contributed by atoms with Crippen molar-refractivity contribution in [2.75, 3.05) is 0 Å². The van der Waals surface area contributed by atoms with Crippen molar-refractivity contribution in [1.29, 1.82) is 0 Å². The molecular weight excluding hydrogens is 259 g/mol. The maximum absolute atomic E-state index is 12.8. The van der Waals surface area contributed by atoms with Gasteiger partial charge in [0.15, 0.2) is 0 Å². The Kier molecular flexibility index (Phi) is 4.71. The van der Waals surface area contributed by atoms with Crippen molar-refractivity contribution < 1.29 is 14.0 Å². The molecule has 2 rings (SSSR count). The zero-order valence-corrected chi connectivity index (χ0v) is 11.5. The van der Waals surface area contributed by atoms with Crippen molar-refractivity contribution >= 4 is 11.8 Å². The van der Waals surface area contributed by atoms with Crippen LogP contribution in [-0.2, 0) is 9.59 Å². The van der Waals surface area contributed by atoms with Crippen LogP contribution in [0.25, 0.3) is 0 Å². The van der Waals surface area contributed by atoms with Gasteiger partial charge in [0, 0.05) is 6.04 Å². The summed E-state index contributed by atoms with van der Waals surface area (Å²) in [4.78, 5) is 23.5. The third-order valence-electron chi connectivity index (χ3n) is 3.61. The lowest BCUT2D eigenvalue weighted by Gasteiger charge is -2.16. The summed E-state index contributed by atoms with van der Waals surface area (Å²) in [6, 6.07) is 5.63. The SMILES string of the molecule is C[C@@H](NC(=O)C(=O)NC1CCCC1)c1ccc(F)cc1. The molecule has 1 fully saturated rings. The molecule has 0 aromatic heterocycles. The number of carbonyl (C=O) groups is 2. The highest BCUT2D eigenvalue weighted by Gasteiger charge is 2.22. The Bertz CT molecular complexity index is 481. The fourth-order valence-electron chi connectivity index (χ4n) is 2.42. The highest BCUT2D eigenvalue weighted by atomic mass is 19.1. The second-order valence-electron chi connectivity index (χ2n) is 5.20. The number of halogens is 1. The van der Waals surface area contributed by atoms with E-state index in [0.29, 0.717) is 0 Å². The number of carbonyl (C=O) groups excluding carboxylic acids is 2. The van der Waals surface area contributed by atoms with E-state index in [2.05, 4.69) is 10.6 Å². The molecule has 4 nitrogen and oxygen atoms in total. The highest BCUT2D eigenvalue weighted by Crippen LogP contribution is 2.17. The maximum Gasteiger partial charge on any atom is 0.309 e. The normalized spacial score (nSPS) is 16.7. The molecule has 108 valence electrons. The topological polar surface area (TPSA) is 58.2 Å². The number of hydrogen-bond acceptors (Lipinski definition) is 2. The van der Waals surface area contributed by atoms with Gasteiger partial charge in [-0.1, -0.05) is 25.0 Å². The third-order valence-corrected chi connectivity index (χ3v) is 3.61. The summed E-state index contributed by atoms with van der Waals surface area (Å²) in [5.41, 5.74) is 0.758. The van der Waals surface area contributed by atoms with Gasteiger partial charge in [-0.15, -0.1) is 0 Å². The van der Waals surface area contributed by atoms with Crippen LogP contribution in [0.2, 0.25) is 0 Å². The third kappa shape index (κ3) is 3.79. The van der Waals surface area contributed by atoms with E-state index in [-0.39, 0.29) is 17.9 Å². The fourth-order valence-corrected chi connectivity index (χ4v) is 2.42. The Morgan fingerprint density at radius 2 is 1.75 bits per heavy atom. The standard InChI is InChI=1S/C15H19FN2O2/c1-10(11-6-8-12(16)9-7-11)17-14(19)15(20)18-13-4-2-3-5-13/h6-10,13H,2-5H2,1H3,(H,17,19)(H,18,20)/t10-/m1/s1. The molecule has 1 aromatic rings. The summed E-state index contributed by atoms with van der Waals surface area (Å²) in [5, 5.41) is 5.35. The molecule has 2 amide bonds. The summed E-state index contributed by atoms with van der Waals surface area (Å²) in [6.45, 7) is 1.76. The number of hydrogen-bond donors (Lipinski definition) is 2. The molecule has 0 radical (unpaired) electrons. The molecule has 0 heterocycles. The van der Waals surface area contributed by atoms with Gasteiger partial charge in [-0.3, -0.25) is 9.59 Å². The van der Waals surface area contributed by atoms with Gasteiger partial charge >= 0.3 is 11.8 Å². The summed E-state index contributed by atoms with van der Waals surface area (Å²) < 4.78 is 12.8. The second kappa shape index (κ2) is 6.50. The Hall–Kier alpha value is -1.91. The first-order chi connectivity index (χ1) is 9.56. The molecule has 0 bridgehead atoms. The Balaban J connectivity index is 1.86. The van der Waals surface area contributed by atoms with E-state index >= 15 is 0 Å². The van der Waals surface area contributed by atoms with E-state index in [4.69, 9.17) is 0 Å². The minimum atomic E-state index is -0.645. The van der Waals surface area contributed by atoms with Crippen molar-refractivity contribution in [2.45, 2.75) is 44.7 Å². The van der Waals surface area contributed by atoms with Crippen LogP contribution in [0.5, 0.6) is 0 Å². The number of amides is 2. The average Bonchev–Trinajstić information content (AvgIpc) is 2.92. The Morgan fingerprint density at radius 1 is 1.15 bits per heavy atom. The summed E-state index contributed by atoms with van der Waals surface area (Å²) in [7, 11) is 0. The minimum absolute atomic E-state index is 0.120. The lowest BCUT2D eigenvalue weighted by Crippen LogP contribution is -2.44. The van der Waals surface area contributed by atoms with Gasteiger partial charge in [-0.25, -0.2) is 4.39 Å². The van der Waals surface area contributed by atoms with Gasteiger partial charge in [-0.05, 0) is 37.5 Å². The average molecular weight is 278 g/mol. The second-order valence-corrected chi connectivity index (χ2v) is 5.20. The monoisotopic (exact) mass is 278 g/mol. The molecule has 20 heavy (non-hydrogen) atoms. The van der Waals surface area contributed by atoms with Gasteiger partial charge in [-0.2, -0.15) is 0 Å². The van der Waals surface area contributed by atoms with Gasteiger partial charge in [0.2, 0.25) is 0 Å². The van der Waals surface area contributed by atoms with Crippen molar-refractivity contribution in [3.05, 3.63) is 35.6 Å². The lowest BCUT2D eigenvalue weighted by molar-refractivity contribution is -0.140. The first-order valence-corrected chi connectivity index (χ1v) is 6.93. The van der Waals surface area contributed by atoms with Gasteiger partial charge in [0.1, 0.15) is 5.82 Å². The van der Waals surface area contributed by atoms with Crippen LogP contribution in [0, 0.1) is 5.82 Å². The molecule has 1 aromatic carbocycles. The fraction of sp³-hybridized carbons (Fsp3) is 0.467. The summed E-state index contributed by atoms with van der Waals surface area (Å²) >= 11 is 0. The zero-order valence-electron chi connectivity index (χ0n) is 11.5. The molecular formula is C15H19FN2O2. The van der Waals surface area contributed by atoms with Gasteiger partial charge in [0.25, 0.3) is 0 Å². The molecule has 0 saturated heterocycles. The van der Waals surface area contributed by atoms with E-state index in [0.717, 1.165) is 31.2 Å². The van der Waals surface area contributed by atoms with Crippen LogP contribution in [0.1, 0.15) is 44.2 Å². The number of nitrogens with one attached hydrogen (secondary N) is 2. The van der Waals surface area contributed by atoms with E-state index in [9.17, 15) is 14.0 Å². The molecule has 1 saturated carbocycles. The summed E-state index contributed by atoms with van der Waals surface area (Å²) in [5.74, 6) is -1.56. The summed E-state index contributed by atoms with van der Waals surface area (Å²) in [6.07, 6.45) is 4.07. The Labute approximate surface area is 117 Å². The van der Waals surface area contributed by atoms with E-state index in [1.165, 1.54) is 12.1 Å². The van der Waals surface area contributed by atoms with Crippen LogP contribution in [0.3, 0.4) is 0 Å². The lowest BCUT2D eigenvalue weighted by atomic mass is 10.1. The Morgan fingerprint density at radius 3 is 2.35 bits per heavy atom. The van der Waals surface area contributed by atoms with Crippen molar-refractivity contribution in [2.24, 2.45) is 0 Å². The predicted octanol–water partition coefficient (Wildman–Crippen LogP) is 2.06. The molecule has 1 aliphatic rings. The van der Waals surface area contributed by atoms with E-state index < -0.39 is 11.8 Å². The van der Waals surface area contributed by atoms with Crippen LogP contribution >= 0.6 is 0 Å². The van der Waals surface area contributed by atoms with Crippen molar-refractivity contribution in [3.8, 4) is 0 Å². The minimum Gasteiger partial charge on any atom is -0.345 e. The van der Waals surface area contributed by atoms with E-state index in [1.807, 2.05) is 0 Å². The molecule has 0 unspecified atom stereocenters. The molecule has 0 spiro atoms. The first-order valence-electron chi connectivity index (χ1n) is 6.93. The maximum atomic E-state index is 12.8. The van der Waals surface area contributed by atoms with Crippen LogP contribution in [-0.4, -0.2) is 17.9 Å². The van der Waals surface area contributed by atoms with Gasteiger partial charge in [0.05, 0.1) is 6.04 Å². The largest absolute Gasteiger partial charge is 0.345 e. The van der Waals surface area contributed by atoms with E-state index in [1.54, 1.807) is 19.1 Å². The molecule has 1 aliphatic carbocycles. The molecule has 0 aliphatic heterocycles. The van der Waals surface area contributed by atoms with Crippen LogP contribution in [0.15, 0.2) is 24.3 Å². The van der Waals surface area contributed by atoms with Crippen LogP contribution < -0.4 is 10.6 Å². The zero-order chi connectivity index (χ0) is 14.5. The highest BCUT2D eigenvalue weighted by molar-refractivity contribution is 6.35. The quantitative estimate of drug-likeness (QED) is 0.831. The predicted molar refractivity (Wildman–Crippen MR) is 73.4 cm³/mol. The number of benzene rings is 1.